The van der Waals surface area contributed by atoms with Gasteiger partial charge >= 0.3 is 0 Å². The number of rotatable bonds is 1. The Bertz CT molecular complexity index is 236. The van der Waals surface area contributed by atoms with Gasteiger partial charge in [-0.25, -0.2) is 0 Å². The highest BCUT2D eigenvalue weighted by molar-refractivity contribution is 5.75. The van der Waals surface area contributed by atoms with Crippen LogP contribution in [0, 0.1) is 0 Å². The molecule has 11 heavy (non-hydrogen) atoms. The molecule has 0 aliphatic heterocycles. The predicted octanol–water partition coefficient (Wildman–Crippen LogP) is 1.52. The Morgan fingerprint density at radius 3 is 3.09 bits per heavy atom. The van der Waals surface area contributed by atoms with Crippen molar-refractivity contribution in [2.45, 2.75) is 13.3 Å². The first kappa shape index (κ1) is 7.79. The Morgan fingerprint density at radius 1 is 1.55 bits per heavy atom. The van der Waals surface area contributed by atoms with Crippen molar-refractivity contribution in [3.63, 3.8) is 0 Å². The standard InChI is InChI=1S/C9H11NO/c1-8(11)10-9-6-4-2-3-5-7-9/h2,4-7H,3H2,1H3,(H,10,11). The minimum Gasteiger partial charge on any atom is -0.326 e. The highest BCUT2D eigenvalue weighted by Gasteiger charge is 1.93. The molecule has 0 bridgehead atoms. The van der Waals surface area contributed by atoms with Gasteiger partial charge in [-0.2, -0.15) is 0 Å². The van der Waals surface area contributed by atoms with Gasteiger partial charge in [-0.3, -0.25) is 4.79 Å². The second-order valence-corrected chi connectivity index (χ2v) is 2.37. The fraction of sp³-hybridized carbons (Fsp3) is 0.222. The molecule has 0 saturated heterocycles. The zero-order valence-electron chi connectivity index (χ0n) is 6.50. The summed E-state index contributed by atoms with van der Waals surface area (Å²) in [6.07, 6.45) is 10.7. The molecule has 2 heteroatoms. The average Bonchev–Trinajstić information content (AvgIpc) is 2.14. The topological polar surface area (TPSA) is 29.1 Å². The number of carbonyl (C=O) groups is 1. The summed E-state index contributed by atoms with van der Waals surface area (Å²) < 4.78 is 0. The zero-order valence-corrected chi connectivity index (χ0v) is 6.50. The lowest BCUT2D eigenvalue weighted by Gasteiger charge is -1.99. The van der Waals surface area contributed by atoms with Gasteiger partial charge in [-0.15, -0.1) is 0 Å². The van der Waals surface area contributed by atoms with Crippen molar-refractivity contribution in [3.8, 4) is 0 Å². The van der Waals surface area contributed by atoms with Crippen molar-refractivity contribution in [1.82, 2.24) is 5.32 Å². The predicted molar refractivity (Wildman–Crippen MR) is 44.8 cm³/mol. The molecule has 1 N–H and O–H groups in total. The molecule has 0 unspecified atom stereocenters. The van der Waals surface area contributed by atoms with Gasteiger partial charge in [0.25, 0.3) is 0 Å². The minimum atomic E-state index is -0.0313. The Hall–Kier alpha value is -1.31. The van der Waals surface area contributed by atoms with E-state index in [0.29, 0.717) is 0 Å². The van der Waals surface area contributed by atoms with Crippen LogP contribution >= 0.6 is 0 Å². The first-order chi connectivity index (χ1) is 5.29. The van der Waals surface area contributed by atoms with E-state index in [-0.39, 0.29) is 5.91 Å². The van der Waals surface area contributed by atoms with E-state index in [1.165, 1.54) is 6.92 Å². The fourth-order valence-electron chi connectivity index (χ4n) is 0.866. The third-order valence-electron chi connectivity index (χ3n) is 1.30. The van der Waals surface area contributed by atoms with Crippen molar-refractivity contribution in [3.05, 3.63) is 36.1 Å². The second-order valence-electron chi connectivity index (χ2n) is 2.37. The molecule has 0 atom stereocenters. The maximum atomic E-state index is 10.6. The molecule has 0 radical (unpaired) electrons. The van der Waals surface area contributed by atoms with E-state index in [2.05, 4.69) is 5.32 Å². The Kier molecular flexibility index (Phi) is 2.66. The van der Waals surface area contributed by atoms with E-state index in [9.17, 15) is 4.79 Å². The number of allylic oxidation sites excluding steroid dienone is 5. The number of hydrogen-bond acceptors (Lipinski definition) is 1. The summed E-state index contributed by atoms with van der Waals surface area (Å²) in [4.78, 5) is 10.6. The highest BCUT2D eigenvalue weighted by atomic mass is 16.1. The van der Waals surface area contributed by atoms with Crippen LogP contribution in [0.25, 0.3) is 0 Å². The van der Waals surface area contributed by atoms with Gasteiger partial charge in [0.05, 0.1) is 0 Å². The highest BCUT2D eigenvalue weighted by Crippen LogP contribution is 2.00. The smallest absolute Gasteiger partial charge is 0.221 e. The van der Waals surface area contributed by atoms with Gasteiger partial charge < -0.3 is 5.32 Å². The molecule has 0 fully saturated rings. The van der Waals surface area contributed by atoms with Crippen LogP contribution in [0.1, 0.15) is 13.3 Å². The van der Waals surface area contributed by atoms with E-state index >= 15 is 0 Å². The Balaban J connectivity index is 2.62. The maximum absolute atomic E-state index is 10.6. The molecule has 0 spiro atoms. The summed E-state index contributed by atoms with van der Waals surface area (Å²) in [5.41, 5.74) is 0.853. The summed E-state index contributed by atoms with van der Waals surface area (Å²) in [6.45, 7) is 1.50. The zero-order chi connectivity index (χ0) is 8.10. The molecule has 1 aliphatic carbocycles. The summed E-state index contributed by atoms with van der Waals surface area (Å²) >= 11 is 0. The van der Waals surface area contributed by atoms with Crippen molar-refractivity contribution < 1.29 is 4.79 Å². The van der Waals surface area contributed by atoms with E-state index in [4.69, 9.17) is 0 Å². The normalized spacial score (nSPS) is 15.5. The summed E-state index contributed by atoms with van der Waals surface area (Å²) in [5, 5.41) is 2.71. The van der Waals surface area contributed by atoms with Crippen LogP contribution in [-0.2, 0) is 4.79 Å². The van der Waals surface area contributed by atoms with E-state index in [1.54, 1.807) is 0 Å². The molecule has 0 aromatic carbocycles. The van der Waals surface area contributed by atoms with Crippen LogP contribution in [0.15, 0.2) is 36.1 Å². The molecule has 0 aromatic rings. The minimum absolute atomic E-state index is 0.0313. The monoisotopic (exact) mass is 149 g/mol. The molecule has 1 aliphatic rings. The lowest BCUT2D eigenvalue weighted by Crippen LogP contribution is -2.17. The van der Waals surface area contributed by atoms with E-state index < -0.39 is 0 Å². The molecule has 0 saturated carbocycles. The molecule has 1 amide bonds. The molecule has 1 rings (SSSR count). The van der Waals surface area contributed by atoms with Crippen LogP contribution < -0.4 is 5.32 Å². The van der Waals surface area contributed by atoms with Gasteiger partial charge in [0.15, 0.2) is 0 Å². The second kappa shape index (κ2) is 3.76. The van der Waals surface area contributed by atoms with Gasteiger partial charge in [0, 0.05) is 12.6 Å². The van der Waals surface area contributed by atoms with Crippen LogP contribution in [0.4, 0.5) is 0 Å². The number of amides is 1. The molecule has 2 nitrogen and oxygen atoms in total. The first-order valence-corrected chi connectivity index (χ1v) is 3.60. The van der Waals surface area contributed by atoms with Crippen molar-refractivity contribution in [2.24, 2.45) is 0 Å². The average molecular weight is 149 g/mol. The van der Waals surface area contributed by atoms with Gasteiger partial charge in [-0.1, -0.05) is 18.2 Å². The molecule has 0 aromatic heterocycles. The number of hydrogen-bond donors (Lipinski definition) is 1. The SMILES string of the molecule is CC(=O)NC1=CC=CCC=C1. The molecular formula is C9H11NO. The van der Waals surface area contributed by atoms with Crippen LogP contribution in [0.3, 0.4) is 0 Å². The maximum Gasteiger partial charge on any atom is 0.221 e. The largest absolute Gasteiger partial charge is 0.326 e. The van der Waals surface area contributed by atoms with Gasteiger partial charge in [0.2, 0.25) is 5.91 Å². The van der Waals surface area contributed by atoms with Gasteiger partial charge in [0.1, 0.15) is 0 Å². The van der Waals surface area contributed by atoms with Crippen molar-refractivity contribution in [1.29, 1.82) is 0 Å². The Morgan fingerprint density at radius 2 is 2.36 bits per heavy atom. The van der Waals surface area contributed by atoms with E-state index in [0.717, 1.165) is 12.1 Å². The number of nitrogens with one attached hydrogen (secondary N) is 1. The molecule has 0 heterocycles. The Labute approximate surface area is 66.3 Å². The fourth-order valence-corrected chi connectivity index (χ4v) is 0.866. The van der Waals surface area contributed by atoms with Crippen LogP contribution in [-0.4, -0.2) is 5.91 Å². The lowest BCUT2D eigenvalue weighted by molar-refractivity contribution is -0.118. The first-order valence-electron chi connectivity index (χ1n) is 3.60. The van der Waals surface area contributed by atoms with Gasteiger partial charge in [-0.05, 0) is 18.6 Å². The van der Waals surface area contributed by atoms with Crippen molar-refractivity contribution >= 4 is 5.91 Å². The summed E-state index contributed by atoms with van der Waals surface area (Å²) in [6, 6.07) is 0. The third-order valence-corrected chi connectivity index (χ3v) is 1.30. The number of carbonyl (C=O) groups excluding carboxylic acids is 1. The third kappa shape index (κ3) is 2.85. The van der Waals surface area contributed by atoms with Crippen molar-refractivity contribution in [2.75, 3.05) is 0 Å². The lowest BCUT2D eigenvalue weighted by atomic mass is 10.3. The quantitative estimate of drug-likeness (QED) is 0.601. The summed E-state index contributed by atoms with van der Waals surface area (Å²) in [5.74, 6) is -0.0313. The summed E-state index contributed by atoms with van der Waals surface area (Å²) in [7, 11) is 0. The van der Waals surface area contributed by atoms with Crippen LogP contribution in [0.5, 0.6) is 0 Å². The van der Waals surface area contributed by atoms with Crippen LogP contribution in [0.2, 0.25) is 0 Å². The molecule has 58 valence electrons. The van der Waals surface area contributed by atoms with E-state index in [1.807, 2.05) is 30.4 Å². The molecular weight excluding hydrogens is 138 g/mol.